The smallest absolute Gasteiger partial charge is 0.330 e. The van der Waals surface area contributed by atoms with Gasteiger partial charge in [0, 0.05) is 25.0 Å². The lowest BCUT2D eigenvalue weighted by atomic mass is 9.68. The highest BCUT2D eigenvalue weighted by Crippen LogP contribution is 2.56. The van der Waals surface area contributed by atoms with Gasteiger partial charge in [-0.25, -0.2) is 9.59 Å². The first-order chi connectivity index (χ1) is 24.9. The van der Waals surface area contributed by atoms with Crippen LogP contribution in [0.2, 0.25) is 0 Å². The van der Waals surface area contributed by atoms with E-state index in [1.165, 1.54) is 34.4 Å². The molecule has 0 amide bonds. The molecule has 0 N–H and O–H groups in total. The summed E-state index contributed by atoms with van der Waals surface area (Å²) in [5.41, 5.74) is 6.61. The van der Waals surface area contributed by atoms with E-state index >= 15 is 0 Å². The summed E-state index contributed by atoms with van der Waals surface area (Å²) < 4.78 is 23.6. The van der Waals surface area contributed by atoms with Crippen LogP contribution in [0.25, 0.3) is 11.1 Å². The van der Waals surface area contributed by atoms with Crippen molar-refractivity contribution in [3.8, 4) is 22.6 Å². The second kappa shape index (κ2) is 18.2. The molecular formula is C45H50O6. The lowest BCUT2D eigenvalue weighted by Crippen LogP contribution is -2.28. The van der Waals surface area contributed by atoms with E-state index in [1.54, 1.807) is 26.0 Å². The molecule has 0 bridgehead atoms. The third kappa shape index (κ3) is 8.80. The van der Waals surface area contributed by atoms with Gasteiger partial charge in [-0.3, -0.25) is 0 Å². The number of allylic oxidation sites excluding steroid dienone is 2. The third-order valence-corrected chi connectivity index (χ3v) is 9.34. The van der Waals surface area contributed by atoms with E-state index in [2.05, 4.69) is 86.6 Å². The van der Waals surface area contributed by atoms with Gasteiger partial charge in [0.1, 0.15) is 23.7 Å². The van der Waals surface area contributed by atoms with Gasteiger partial charge in [0.25, 0.3) is 0 Å². The second-order valence-corrected chi connectivity index (χ2v) is 12.9. The van der Waals surface area contributed by atoms with Crippen molar-refractivity contribution in [2.75, 3.05) is 13.2 Å². The summed E-state index contributed by atoms with van der Waals surface area (Å²) in [6.45, 7) is 8.68. The number of carbonyl (C=O) groups is 2. The SMILES string of the molecule is CC=CC(=O)OC(CCC)CCOc1ccc(C2(c3ccc(OCCC(CCC)OC(=O)C=CC)cc3)c3ccccc3-c3ccccc32)cc1. The minimum absolute atomic E-state index is 0.182. The van der Waals surface area contributed by atoms with Crippen molar-refractivity contribution in [1.82, 2.24) is 0 Å². The zero-order chi connectivity index (χ0) is 36.1. The molecule has 0 heterocycles. The molecule has 51 heavy (non-hydrogen) atoms. The largest absolute Gasteiger partial charge is 0.493 e. The van der Waals surface area contributed by atoms with Gasteiger partial charge >= 0.3 is 11.9 Å². The Hall–Kier alpha value is -5.10. The standard InChI is InChI=1S/C45H50O6/c1-5-13-37(50-43(46)15-7-3)29-31-48-35-25-21-33(22-26-35)45(41-19-11-9-17-39(41)40-18-10-12-20-42(40)45)34-23-27-36(28-24-34)49-32-30-38(14-6-2)51-44(47)16-8-4/h7-12,15-28,37-38H,5-6,13-14,29-32H2,1-4H3. The van der Waals surface area contributed by atoms with Crippen molar-refractivity contribution in [2.45, 2.75) is 83.8 Å². The number of benzene rings is 4. The summed E-state index contributed by atoms with van der Waals surface area (Å²) >= 11 is 0. The Kier molecular flexibility index (Phi) is 13.3. The van der Waals surface area contributed by atoms with Gasteiger partial charge in [0.05, 0.1) is 18.6 Å². The summed E-state index contributed by atoms with van der Waals surface area (Å²) in [5, 5.41) is 0. The van der Waals surface area contributed by atoms with Crippen LogP contribution in [0.3, 0.4) is 0 Å². The van der Waals surface area contributed by atoms with Crippen LogP contribution in [0, 0.1) is 0 Å². The Bertz CT molecular complexity index is 1650. The van der Waals surface area contributed by atoms with E-state index in [0.717, 1.165) is 48.3 Å². The van der Waals surface area contributed by atoms with Gasteiger partial charge in [-0.15, -0.1) is 0 Å². The summed E-state index contributed by atoms with van der Waals surface area (Å²) in [7, 11) is 0. The zero-order valence-electron chi connectivity index (χ0n) is 30.3. The van der Waals surface area contributed by atoms with E-state index in [0.29, 0.717) is 26.1 Å². The zero-order valence-corrected chi connectivity index (χ0v) is 30.3. The second-order valence-electron chi connectivity index (χ2n) is 12.9. The van der Waals surface area contributed by atoms with E-state index in [4.69, 9.17) is 18.9 Å². The molecule has 0 fully saturated rings. The molecule has 1 aliphatic rings. The third-order valence-electron chi connectivity index (χ3n) is 9.34. The van der Waals surface area contributed by atoms with Crippen LogP contribution in [0.4, 0.5) is 0 Å². The number of ether oxygens (including phenoxy) is 4. The monoisotopic (exact) mass is 686 g/mol. The number of carbonyl (C=O) groups excluding carboxylic acids is 2. The van der Waals surface area contributed by atoms with Gasteiger partial charge in [-0.05, 0) is 84.3 Å². The molecule has 6 nitrogen and oxygen atoms in total. The van der Waals surface area contributed by atoms with E-state index in [1.807, 2.05) is 24.3 Å². The maximum absolute atomic E-state index is 12.0. The molecule has 5 rings (SSSR count). The van der Waals surface area contributed by atoms with Crippen LogP contribution >= 0.6 is 0 Å². The van der Waals surface area contributed by atoms with E-state index < -0.39 is 5.41 Å². The maximum atomic E-state index is 12.0. The summed E-state index contributed by atoms with van der Waals surface area (Å²) in [6.07, 6.45) is 10.6. The molecule has 4 aromatic rings. The van der Waals surface area contributed by atoms with Crippen LogP contribution in [0.15, 0.2) is 121 Å². The molecule has 6 heteroatoms. The molecule has 4 aromatic carbocycles. The number of rotatable bonds is 18. The number of hydrogen-bond acceptors (Lipinski definition) is 6. The van der Waals surface area contributed by atoms with E-state index in [-0.39, 0.29) is 24.1 Å². The number of esters is 2. The Morgan fingerprint density at radius 3 is 1.33 bits per heavy atom. The average molecular weight is 687 g/mol. The van der Waals surface area contributed by atoms with Gasteiger partial charge in [-0.1, -0.05) is 112 Å². The molecule has 0 radical (unpaired) electrons. The van der Waals surface area contributed by atoms with Crippen molar-refractivity contribution in [1.29, 1.82) is 0 Å². The van der Waals surface area contributed by atoms with Gasteiger partial charge in [0.15, 0.2) is 0 Å². The molecule has 2 atom stereocenters. The molecule has 0 aliphatic heterocycles. The van der Waals surface area contributed by atoms with Gasteiger partial charge < -0.3 is 18.9 Å². The van der Waals surface area contributed by atoms with Crippen LogP contribution in [0.5, 0.6) is 11.5 Å². The van der Waals surface area contributed by atoms with Crippen LogP contribution in [0.1, 0.15) is 88.5 Å². The maximum Gasteiger partial charge on any atom is 0.330 e. The highest BCUT2D eigenvalue weighted by atomic mass is 16.5. The van der Waals surface area contributed by atoms with Gasteiger partial charge in [0.2, 0.25) is 0 Å². The minimum Gasteiger partial charge on any atom is -0.493 e. The highest BCUT2D eigenvalue weighted by molar-refractivity contribution is 5.86. The summed E-state index contributed by atoms with van der Waals surface area (Å²) in [6, 6.07) is 34.1. The Morgan fingerprint density at radius 2 is 0.961 bits per heavy atom. The number of fused-ring (bicyclic) bond motifs is 3. The van der Waals surface area contributed by atoms with Crippen molar-refractivity contribution in [3.63, 3.8) is 0 Å². The topological polar surface area (TPSA) is 71.1 Å². The quantitative estimate of drug-likeness (QED) is 0.0675. The van der Waals surface area contributed by atoms with Crippen molar-refractivity contribution < 1.29 is 28.5 Å². The Labute approximate surface area is 303 Å². The van der Waals surface area contributed by atoms with Crippen molar-refractivity contribution in [2.24, 2.45) is 0 Å². The van der Waals surface area contributed by atoms with Crippen molar-refractivity contribution >= 4 is 11.9 Å². The molecule has 1 aliphatic carbocycles. The molecule has 0 spiro atoms. The fraction of sp³-hybridized carbons (Fsp3) is 0.333. The van der Waals surface area contributed by atoms with E-state index in [9.17, 15) is 9.59 Å². The number of hydrogen-bond donors (Lipinski definition) is 0. The molecule has 0 aromatic heterocycles. The predicted octanol–water partition coefficient (Wildman–Crippen LogP) is 10.2. The van der Waals surface area contributed by atoms with Crippen LogP contribution < -0.4 is 9.47 Å². The van der Waals surface area contributed by atoms with Crippen LogP contribution in [-0.4, -0.2) is 37.4 Å². The van der Waals surface area contributed by atoms with Crippen molar-refractivity contribution in [3.05, 3.63) is 144 Å². The fourth-order valence-electron chi connectivity index (χ4n) is 7.09. The Morgan fingerprint density at radius 1 is 0.569 bits per heavy atom. The normalized spacial score (nSPS) is 14.1. The molecular weight excluding hydrogens is 636 g/mol. The summed E-state index contributed by atoms with van der Waals surface area (Å²) in [4.78, 5) is 24.1. The predicted molar refractivity (Wildman–Crippen MR) is 203 cm³/mol. The first kappa shape index (κ1) is 37.2. The first-order valence-electron chi connectivity index (χ1n) is 18.3. The molecule has 0 saturated carbocycles. The summed E-state index contributed by atoms with van der Waals surface area (Å²) in [5.74, 6) is 0.909. The Balaban J connectivity index is 1.39. The minimum atomic E-state index is -0.551. The molecule has 266 valence electrons. The first-order valence-corrected chi connectivity index (χ1v) is 18.3. The average Bonchev–Trinajstić information content (AvgIpc) is 3.44. The lowest BCUT2D eigenvalue weighted by Gasteiger charge is -2.34. The lowest BCUT2D eigenvalue weighted by molar-refractivity contribution is -0.144. The van der Waals surface area contributed by atoms with Crippen LogP contribution in [-0.2, 0) is 24.5 Å². The van der Waals surface area contributed by atoms with Gasteiger partial charge in [-0.2, -0.15) is 0 Å². The molecule has 0 saturated heterocycles. The highest BCUT2D eigenvalue weighted by Gasteiger charge is 2.45. The molecule has 2 unspecified atom stereocenters. The fourth-order valence-corrected chi connectivity index (χ4v) is 7.09.